The average Bonchev–Trinajstić information content (AvgIpc) is 2.33. The van der Waals surface area contributed by atoms with Gasteiger partial charge in [-0.3, -0.25) is 4.79 Å². The van der Waals surface area contributed by atoms with Crippen molar-refractivity contribution in [2.45, 2.75) is 66.2 Å². The Labute approximate surface area is 119 Å². The lowest BCUT2D eigenvalue weighted by Gasteiger charge is -2.39. The van der Waals surface area contributed by atoms with Crippen LogP contribution >= 0.6 is 0 Å². The molecule has 1 unspecified atom stereocenters. The Balaban J connectivity index is 2.50. The normalized spacial score (nSPS) is 18.9. The molecule has 2 heteroatoms. The van der Waals surface area contributed by atoms with Crippen LogP contribution in [0.5, 0.6) is 0 Å². The van der Waals surface area contributed by atoms with Crippen LogP contribution in [-0.4, -0.2) is 12.5 Å². The van der Waals surface area contributed by atoms with Crippen molar-refractivity contribution in [1.82, 2.24) is 5.32 Å². The highest BCUT2D eigenvalue weighted by Gasteiger charge is 2.32. The Bertz CT molecular complexity index is 308. The Morgan fingerprint density at radius 1 is 1.26 bits per heavy atom. The third kappa shape index (κ3) is 5.38. The number of hydrogen-bond acceptors (Lipinski definition) is 1. The predicted octanol–water partition coefficient (Wildman–Crippen LogP) is 4.31. The molecule has 0 bridgehead atoms. The molecule has 19 heavy (non-hydrogen) atoms. The summed E-state index contributed by atoms with van der Waals surface area (Å²) < 4.78 is 0. The van der Waals surface area contributed by atoms with E-state index in [0.29, 0.717) is 16.9 Å². The van der Waals surface area contributed by atoms with E-state index in [1.54, 1.807) is 6.92 Å². The predicted molar refractivity (Wildman–Crippen MR) is 82.0 cm³/mol. The summed E-state index contributed by atoms with van der Waals surface area (Å²) in [5.74, 6) is 1.55. The number of carbonyl (C=O) groups is 1. The van der Waals surface area contributed by atoms with E-state index in [2.05, 4.69) is 32.7 Å². The summed E-state index contributed by atoms with van der Waals surface area (Å²) in [6.45, 7) is 13.2. The zero-order valence-corrected chi connectivity index (χ0v) is 13.2. The lowest BCUT2D eigenvalue weighted by molar-refractivity contribution is -0.117. The minimum atomic E-state index is -0.00342. The molecule has 0 aromatic carbocycles. The fourth-order valence-corrected chi connectivity index (χ4v) is 3.40. The molecule has 110 valence electrons. The van der Waals surface area contributed by atoms with E-state index in [1.807, 2.05) is 0 Å². The number of carbonyl (C=O) groups excluding carboxylic acids is 1. The summed E-state index contributed by atoms with van der Waals surface area (Å²) in [4.78, 5) is 11.5. The van der Waals surface area contributed by atoms with Gasteiger partial charge in [-0.2, -0.15) is 0 Å². The van der Waals surface area contributed by atoms with Crippen LogP contribution in [0.1, 0.15) is 66.2 Å². The van der Waals surface area contributed by atoms with Gasteiger partial charge in [0, 0.05) is 12.1 Å². The van der Waals surface area contributed by atoms with Crippen molar-refractivity contribution in [3.63, 3.8) is 0 Å². The second-order valence-corrected chi connectivity index (χ2v) is 7.20. The summed E-state index contributed by atoms with van der Waals surface area (Å²) in [7, 11) is 0. The van der Waals surface area contributed by atoms with Crippen molar-refractivity contribution in [2.24, 2.45) is 17.3 Å². The molecule has 0 aliphatic heterocycles. The molecule has 1 rings (SSSR count). The number of nitrogens with one attached hydrogen (secondary N) is 1. The van der Waals surface area contributed by atoms with E-state index in [1.165, 1.54) is 32.1 Å². The summed E-state index contributed by atoms with van der Waals surface area (Å²) >= 11 is 0. The molecule has 1 saturated carbocycles. The molecule has 1 amide bonds. The Morgan fingerprint density at radius 3 is 2.32 bits per heavy atom. The number of rotatable bonds is 5. The molecule has 0 heterocycles. The van der Waals surface area contributed by atoms with Gasteiger partial charge < -0.3 is 5.32 Å². The van der Waals surface area contributed by atoms with E-state index in [4.69, 9.17) is 0 Å². The van der Waals surface area contributed by atoms with Gasteiger partial charge in [-0.1, -0.05) is 59.5 Å². The van der Waals surface area contributed by atoms with Crippen molar-refractivity contribution < 1.29 is 4.79 Å². The van der Waals surface area contributed by atoms with Crippen molar-refractivity contribution in [2.75, 3.05) is 6.54 Å². The van der Waals surface area contributed by atoms with Crippen molar-refractivity contribution in [3.8, 4) is 0 Å². The molecule has 0 saturated heterocycles. The first kappa shape index (κ1) is 16.3. The highest BCUT2D eigenvalue weighted by molar-refractivity contribution is 5.91. The van der Waals surface area contributed by atoms with Gasteiger partial charge in [-0.05, 0) is 30.6 Å². The molecule has 1 aliphatic carbocycles. The van der Waals surface area contributed by atoms with E-state index in [0.717, 1.165) is 18.9 Å². The van der Waals surface area contributed by atoms with Gasteiger partial charge >= 0.3 is 0 Å². The molecule has 0 aromatic heterocycles. The van der Waals surface area contributed by atoms with Crippen LogP contribution in [0.4, 0.5) is 0 Å². The van der Waals surface area contributed by atoms with Crippen molar-refractivity contribution >= 4 is 5.91 Å². The molecule has 0 radical (unpaired) electrons. The molecule has 1 N–H and O–H groups in total. The fourth-order valence-electron chi connectivity index (χ4n) is 3.40. The maximum absolute atomic E-state index is 11.5. The van der Waals surface area contributed by atoms with Crippen LogP contribution in [-0.2, 0) is 4.79 Å². The van der Waals surface area contributed by atoms with E-state index >= 15 is 0 Å². The average molecular weight is 265 g/mol. The van der Waals surface area contributed by atoms with Crippen molar-refractivity contribution in [1.29, 1.82) is 0 Å². The first-order valence-electron chi connectivity index (χ1n) is 7.76. The van der Waals surface area contributed by atoms with Crippen LogP contribution in [0.3, 0.4) is 0 Å². The largest absolute Gasteiger partial charge is 0.352 e. The Hall–Kier alpha value is -0.790. The minimum absolute atomic E-state index is 0.00342. The molecule has 0 spiro atoms. The maximum Gasteiger partial charge on any atom is 0.246 e. The Morgan fingerprint density at radius 2 is 1.84 bits per heavy atom. The molecular weight excluding hydrogens is 234 g/mol. The molecule has 1 fully saturated rings. The monoisotopic (exact) mass is 265 g/mol. The fraction of sp³-hybridized carbons (Fsp3) is 0.824. The first-order valence-corrected chi connectivity index (χ1v) is 7.76. The zero-order chi connectivity index (χ0) is 14.5. The third-order valence-corrected chi connectivity index (χ3v) is 4.46. The second kappa shape index (κ2) is 7.12. The molecule has 0 aromatic rings. The van der Waals surface area contributed by atoms with Gasteiger partial charge in [-0.25, -0.2) is 0 Å². The van der Waals surface area contributed by atoms with Gasteiger partial charge in [0.25, 0.3) is 0 Å². The highest BCUT2D eigenvalue weighted by Crippen LogP contribution is 2.41. The van der Waals surface area contributed by atoms with Crippen molar-refractivity contribution in [3.05, 3.63) is 12.2 Å². The first-order chi connectivity index (χ1) is 8.82. The topological polar surface area (TPSA) is 29.1 Å². The zero-order valence-electron chi connectivity index (χ0n) is 13.2. The smallest absolute Gasteiger partial charge is 0.246 e. The van der Waals surface area contributed by atoms with Crippen LogP contribution < -0.4 is 5.32 Å². The van der Waals surface area contributed by atoms with Gasteiger partial charge in [0.15, 0.2) is 0 Å². The number of amides is 1. The minimum Gasteiger partial charge on any atom is -0.352 e. The van der Waals surface area contributed by atoms with Gasteiger partial charge in [0.1, 0.15) is 0 Å². The standard InChI is InChI=1S/C17H31NO/c1-13(2)16(19)18-12-11-15(17(3,4)5)14-9-7-6-8-10-14/h14-15H,1,6-12H2,2-5H3,(H,18,19). The van der Waals surface area contributed by atoms with E-state index < -0.39 is 0 Å². The molecule has 2 nitrogen and oxygen atoms in total. The lowest BCUT2D eigenvalue weighted by Crippen LogP contribution is -2.34. The van der Waals surface area contributed by atoms with Gasteiger partial charge in [0.2, 0.25) is 5.91 Å². The van der Waals surface area contributed by atoms with E-state index in [9.17, 15) is 4.79 Å². The SMILES string of the molecule is C=C(C)C(=O)NCCC(C1CCCCC1)C(C)(C)C. The van der Waals surface area contributed by atoms with Crippen LogP contribution in [0.15, 0.2) is 12.2 Å². The van der Waals surface area contributed by atoms with Crippen LogP contribution in [0.25, 0.3) is 0 Å². The molecular formula is C17H31NO. The summed E-state index contributed by atoms with van der Waals surface area (Å²) in [5.41, 5.74) is 0.931. The molecule has 1 atom stereocenters. The van der Waals surface area contributed by atoms with Crippen LogP contribution in [0.2, 0.25) is 0 Å². The Kier molecular flexibility index (Phi) is 6.09. The van der Waals surface area contributed by atoms with E-state index in [-0.39, 0.29) is 5.91 Å². The summed E-state index contributed by atoms with van der Waals surface area (Å²) in [6.07, 6.45) is 8.00. The second-order valence-electron chi connectivity index (χ2n) is 7.20. The third-order valence-electron chi connectivity index (χ3n) is 4.46. The maximum atomic E-state index is 11.5. The highest BCUT2D eigenvalue weighted by atomic mass is 16.1. The lowest BCUT2D eigenvalue weighted by atomic mass is 9.67. The quantitative estimate of drug-likeness (QED) is 0.737. The summed E-state index contributed by atoms with van der Waals surface area (Å²) in [6, 6.07) is 0. The molecule has 1 aliphatic rings. The van der Waals surface area contributed by atoms with Gasteiger partial charge in [0.05, 0.1) is 0 Å². The summed E-state index contributed by atoms with van der Waals surface area (Å²) in [5, 5.41) is 2.99. The van der Waals surface area contributed by atoms with Gasteiger partial charge in [-0.15, -0.1) is 0 Å². The number of hydrogen-bond donors (Lipinski definition) is 1. The van der Waals surface area contributed by atoms with Crippen LogP contribution in [0, 0.1) is 17.3 Å².